The molecule has 1 unspecified atom stereocenters. The van der Waals surface area contributed by atoms with Crippen LogP contribution in [0.1, 0.15) is 22.0 Å². The zero-order chi connectivity index (χ0) is 14.8. The summed E-state index contributed by atoms with van der Waals surface area (Å²) in [6.45, 7) is 1.60. The lowest BCUT2D eigenvalue weighted by molar-refractivity contribution is -0.0228. The minimum absolute atomic E-state index is 0.0493. The van der Waals surface area contributed by atoms with Crippen molar-refractivity contribution in [1.29, 1.82) is 0 Å². The molecule has 110 valence electrons. The zero-order valence-corrected chi connectivity index (χ0v) is 13.4. The van der Waals surface area contributed by atoms with Crippen molar-refractivity contribution >= 4 is 33.4 Å². The number of halogens is 2. The third-order valence-corrected chi connectivity index (χ3v) is 4.08. The number of hydrogen-bond acceptors (Lipinski definition) is 3. The van der Waals surface area contributed by atoms with Crippen LogP contribution in [-0.4, -0.2) is 30.5 Å². The fourth-order valence-electron chi connectivity index (χ4n) is 2.32. The number of ether oxygens (including phenoxy) is 1. The fraction of sp³-hybridized carbons (Fsp3) is 0.267. The quantitative estimate of drug-likeness (QED) is 0.805. The Morgan fingerprint density at radius 3 is 2.76 bits per heavy atom. The summed E-state index contributed by atoms with van der Waals surface area (Å²) in [5, 5.41) is 0.686. The van der Waals surface area contributed by atoms with E-state index in [0.29, 0.717) is 35.0 Å². The highest BCUT2D eigenvalue weighted by atomic mass is 79.9. The summed E-state index contributed by atoms with van der Waals surface area (Å²) in [5.41, 5.74) is 1.56. The first-order valence-corrected chi connectivity index (χ1v) is 7.71. The maximum absolute atomic E-state index is 12.4. The second kappa shape index (κ2) is 6.22. The molecule has 1 aromatic carbocycles. The van der Waals surface area contributed by atoms with Gasteiger partial charge in [0.25, 0.3) is 5.91 Å². The van der Waals surface area contributed by atoms with Crippen LogP contribution in [-0.2, 0) is 4.74 Å². The Morgan fingerprint density at radius 2 is 2.10 bits per heavy atom. The van der Waals surface area contributed by atoms with Crippen molar-refractivity contribution in [1.82, 2.24) is 4.90 Å². The van der Waals surface area contributed by atoms with Gasteiger partial charge in [-0.15, -0.1) is 0 Å². The van der Waals surface area contributed by atoms with Crippen molar-refractivity contribution in [3.8, 4) is 0 Å². The van der Waals surface area contributed by atoms with Gasteiger partial charge in [0.2, 0.25) is 0 Å². The molecule has 4 nitrogen and oxygen atoms in total. The topological polar surface area (TPSA) is 42.7 Å². The molecular formula is C15H13BrClNO3. The molecule has 0 bridgehead atoms. The molecule has 0 aliphatic carbocycles. The fourth-order valence-corrected chi connectivity index (χ4v) is 2.78. The van der Waals surface area contributed by atoms with E-state index < -0.39 is 0 Å². The van der Waals surface area contributed by atoms with Gasteiger partial charge in [-0.05, 0) is 33.6 Å². The van der Waals surface area contributed by atoms with Gasteiger partial charge in [0.1, 0.15) is 12.4 Å². The van der Waals surface area contributed by atoms with Gasteiger partial charge in [0.15, 0.2) is 4.67 Å². The standard InChI is InChI=1S/C15H13BrClNO3/c16-14-7-11(9-21-14)15(19)18-5-6-20-13(8-18)10-1-3-12(17)4-2-10/h1-4,7,9,13H,5-6,8H2. The Morgan fingerprint density at radius 1 is 1.33 bits per heavy atom. The lowest BCUT2D eigenvalue weighted by atomic mass is 10.1. The second-order valence-electron chi connectivity index (χ2n) is 4.80. The van der Waals surface area contributed by atoms with E-state index in [0.717, 1.165) is 5.56 Å². The highest BCUT2D eigenvalue weighted by Crippen LogP contribution is 2.25. The monoisotopic (exact) mass is 369 g/mol. The lowest BCUT2D eigenvalue weighted by Gasteiger charge is -2.33. The average Bonchev–Trinajstić information content (AvgIpc) is 2.94. The minimum Gasteiger partial charge on any atom is -0.457 e. The van der Waals surface area contributed by atoms with Gasteiger partial charge >= 0.3 is 0 Å². The number of benzene rings is 1. The number of nitrogens with zero attached hydrogens (tertiary/aromatic N) is 1. The molecule has 1 amide bonds. The Kier molecular flexibility index (Phi) is 4.33. The predicted octanol–water partition coefficient (Wildman–Crippen LogP) is 3.91. The maximum atomic E-state index is 12.4. The average molecular weight is 371 g/mol. The van der Waals surface area contributed by atoms with Crippen LogP contribution in [0.2, 0.25) is 5.02 Å². The van der Waals surface area contributed by atoms with E-state index in [1.165, 1.54) is 6.26 Å². The Hall–Kier alpha value is -1.30. The van der Waals surface area contributed by atoms with Crippen LogP contribution in [0.3, 0.4) is 0 Å². The van der Waals surface area contributed by atoms with E-state index in [2.05, 4.69) is 15.9 Å². The van der Waals surface area contributed by atoms with Crippen LogP contribution in [0.15, 0.2) is 45.7 Å². The van der Waals surface area contributed by atoms with Crippen molar-refractivity contribution < 1.29 is 13.9 Å². The van der Waals surface area contributed by atoms with Gasteiger partial charge in [-0.1, -0.05) is 23.7 Å². The Balaban J connectivity index is 1.73. The molecule has 0 radical (unpaired) electrons. The predicted molar refractivity (Wildman–Crippen MR) is 82.5 cm³/mol. The van der Waals surface area contributed by atoms with E-state index in [1.54, 1.807) is 11.0 Å². The molecule has 1 aromatic heterocycles. The molecule has 0 N–H and O–H groups in total. The van der Waals surface area contributed by atoms with Crippen LogP contribution in [0.4, 0.5) is 0 Å². The van der Waals surface area contributed by atoms with Crippen LogP contribution in [0.25, 0.3) is 0 Å². The van der Waals surface area contributed by atoms with Gasteiger partial charge in [-0.2, -0.15) is 0 Å². The second-order valence-corrected chi connectivity index (χ2v) is 6.02. The number of rotatable bonds is 2. The SMILES string of the molecule is O=C(c1coc(Br)c1)N1CCOC(c2ccc(Cl)cc2)C1. The lowest BCUT2D eigenvalue weighted by Crippen LogP contribution is -2.42. The summed E-state index contributed by atoms with van der Waals surface area (Å²) in [6.07, 6.45) is 1.33. The molecule has 1 aliphatic heterocycles. The van der Waals surface area contributed by atoms with Crippen molar-refractivity contribution in [2.45, 2.75) is 6.10 Å². The molecule has 21 heavy (non-hydrogen) atoms. The summed E-state index contributed by atoms with van der Waals surface area (Å²) in [5.74, 6) is -0.0493. The zero-order valence-electron chi connectivity index (χ0n) is 11.1. The van der Waals surface area contributed by atoms with Gasteiger partial charge in [0, 0.05) is 17.6 Å². The van der Waals surface area contributed by atoms with Crippen LogP contribution < -0.4 is 0 Å². The Bertz CT molecular complexity index is 641. The Labute approximate surface area is 135 Å². The van der Waals surface area contributed by atoms with Gasteiger partial charge in [-0.25, -0.2) is 0 Å². The first kappa shape index (κ1) is 14.6. The number of furan rings is 1. The summed E-state index contributed by atoms with van der Waals surface area (Å²) in [7, 11) is 0. The third-order valence-electron chi connectivity index (χ3n) is 3.41. The molecule has 0 saturated carbocycles. The molecule has 1 fully saturated rings. The van der Waals surface area contributed by atoms with Gasteiger partial charge in [-0.3, -0.25) is 4.79 Å². The molecule has 2 aromatic rings. The molecule has 2 heterocycles. The first-order chi connectivity index (χ1) is 10.1. The van der Waals surface area contributed by atoms with E-state index in [1.807, 2.05) is 24.3 Å². The van der Waals surface area contributed by atoms with Crippen molar-refractivity contribution in [3.05, 3.63) is 57.4 Å². The van der Waals surface area contributed by atoms with E-state index in [9.17, 15) is 4.79 Å². The van der Waals surface area contributed by atoms with Crippen LogP contribution >= 0.6 is 27.5 Å². The summed E-state index contributed by atoms with van der Waals surface area (Å²) >= 11 is 9.10. The number of amides is 1. The first-order valence-electron chi connectivity index (χ1n) is 6.54. The minimum atomic E-state index is -0.129. The molecule has 1 saturated heterocycles. The van der Waals surface area contributed by atoms with Crippen molar-refractivity contribution in [2.24, 2.45) is 0 Å². The molecule has 3 rings (SSSR count). The number of hydrogen-bond donors (Lipinski definition) is 0. The maximum Gasteiger partial charge on any atom is 0.257 e. The van der Waals surface area contributed by atoms with E-state index in [4.69, 9.17) is 20.8 Å². The van der Waals surface area contributed by atoms with E-state index in [-0.39, 0.29) is 12.0 Å². The summed E-state index contributed by atoms with van der Waals surface area (Å²) in [4.78, 5) is 14.2. The largest absolute Gasteiger partial charge is 0.457 e. The molecular weight excluding hydrogens is 358 g/mol. The molecule has 0 spiro atoms. The van der Waals surface area contributed by atoms with Crippen molar-refractivity contribution in [3.63, 3.8) is 0 Å². The summed E-state index contributed by atoms with van der Waals surface area (Å²) in [6, 6.07) is 9.18. The molecule has 1 aliphatic rings. The van der Waals surface area contributed by atoms with E-state index >= 15 is 0 Å². The molecule has 6 heteroatoms. The number of morpholine rings is 1. The number of carbonyl (C=O) groups excluding carboxylic acids is 1. The van der Waals surface area contributed by atoms with Gasteiger partial charge < -0.3 is 14.1 Å². The van der Waals surface area contributed by atoms with Crippen LogP contribution in [0.5, 0.6) is 0 Å². The molecule has 1 atom stereocenters. The summed E-state index contributed by atoms with van der Waals surface area (Å²) < 4.78 is 11.4. The van der Waals surface area contributed by atoms with Gasteiger partial charge in [0.05, 0.1) is 18.7 Å². The van der Waals surface area contributed by atoms with Crippen LogP contribution in [0, 0.1) is 0 Å². The number of carbonyl (C=O) groups is 1. The third kappa shape index (κ3) is 3.31. The smallest absolute Gasteiger partial charge is 0.257 e. The highest BCUT2D eigenvalue weighted by molar-refractivity contribution is 9.10. The van der Waals surface area contributed by atoms with Crippen molar-refractivity contribution in [2.75, 3.05) is 19.7 Å². The normalized spacial score (nSPS) is 18.8. The highest BCUT2D eigenvalue weighted by Gasteiger charge is 2.26.